The number of carbonyl (C=O) groups is 1. The molecule has 0 saturated carbocycles. The Morgan fingerprint density at radius 3 is 2.45 bits per heavy atom. The SMILES string of the molecule is O=C(Cl)C1=C(Cl)CCCCC1. The number of rotatable bonds is 1. The molecule has 0 bridgehead atoms. The van der Waals surface area contributed by atoms with Crippen LogP contribution in [-0.2, 0) is 4.79 Å². The van der Waals surface area contributed by atoms with Gasteiger partial charge in [0, 0.05) is 10.6 Å². The Hall–Kier alpha value is -0.0100. The maximum atomic E-state index is 10.8. The van der Waals surface area contributed by atoms with Gasteiger partial charge in [-0.1, -0.05) is 18.0 Å². The van der Waals surface area contributed by atoms with Gasteiger partial charge in [-0.15, -0.1) is 0 Å². The van der Waals surface area contributed by atoms with Crippen molar-refractivity contribution in [1.82, 2.24) is 0 Å². The van der Waals surface area contributed by atoms with Crippen LogP contribution in [0.25, 0.3) is 0 Å². The summed E-state index contributed by atoms with van der Waals surface area (Å²) in [7, 11) is 0. The first-order chi connectivity index (χ1) is 5.22. The molecule has 0 fully saturated rings. The molecule has 0 N–H and O–H groups in total. The van der Waals surface area contributed by atoms with Crippen LogP contribution in [0.3, 0.4) is 0 Å². The van der Waals surface area contributed by atoms with Crippen molar-refractivity contribution >= 4 is 28.4 Å². The van der Waals surface area contributed by atoms with Crippen LogP contribution in [0.5, 0.6) is 0 Å². The van der Waals surface area contributed by atoms with Gasteiger partial charge in [0.15, 0.2) is 0 Å². The highest BCUT2D eigenvalue weighted by atomic mass is 35.5. The second kappa shape index (κ2) is 4.13. The molecule has 0 heterocycles. The van der Waals surface area contributed by atoms with E-state index in [4.69, 9.17) is 23.2 Å². The van der Waals surface area contributed by atoms with Gasteiger partial charge >= 0.3 is 0 Å². The first-order valence-electron chi connectivity index (χ1n) is 3.79. The van der Waals surface area contributed by atoms with E-state index in [0.717, 1.165) is 32.1 Å². The van der Waals surface area contributed by atoms with Gasteiger partial charge in [-0.05, 0) is 37.3 Å². The van der Waals surface area contributed by atoms with Gasteiger partial charge in [-0.3, -0.25) is 4.79 Å². The average Bonchev–Trinajstić information content (AvgIpc) is 2.13. The van der Waals surface area contributed by atoms with Gasteiger partial charge in [0.2, 0.25) is 5.24 Å². The van der Waals surface area contributed by atoms with E-state index >= 15 is 0 Å². The summed E-state index contributed by atoms with van der Waals surface area (Å²) in [4.78, 5) is 10.8. The van der Waals surface area contributed by atoms with Crippen LogP contribution in [-0.4, -0.2) is 5.24 Å². The molecule has 0 aromatic heterocycles. The van der Waals surface area contributed by atoms with Gasteiger partial charge in [-0.25, -0.2) is 0 Å². The lowest BCUT2D eigenvalue weighted by molar-refractivity contribution is -0.108. The van der Waals surface area contributed by atoms with Crippen molar-refractivity contribution in [1.29, 1.82) is 0 Å². The smallest absolute Gasteiger partial charge is 0.249 e. The van der Waals surface area contributed by atoms with E-state index in [1.807, 2.05) is 0 Å². The normalized spacial score (nSPS) is 19.8. The predicted molar refractivity (Wildman–Crippen MR) is 46.8 cm³/mol. The van der Waals surface area contributed by atoms with E-state index in [1.165, 1.54) is 0 Å². The maximum Gasteiger partial charge on any atom is 0.249 e. The Morgan fingerprint density at radius 2 is 1.82 bits per heavy atom. The fourth-order valence-electron chi connectivity index (χ4n) is 1.25. The van der Waals surface area contributed by atoms with Crippen LogP contribution in [0.4, 0.5) is 0 Å². The summed E-state index contributed by atoms with van der Waals surface area (Å²) in [5.74, 6) is 0. The van der Waals surface area contributed by atoms with E-state index in [1.54, 1.807) is 0 Å². The Bertz CT molecular complexity index is 196. The summed E-state index contributed by atoms with van der Waals surface area (Å²) in [5, 5.41) is 0.291. The number of hydrogen-bond acceptors (Lipinski definition) is 1. The van der Waals surface area contributed by atoms with Crippen molar-refractivity contribution < 1.29 is 4.79 Å². The highest BCUT2D eigenvalue weighted by Gasteiger charge is 2.14. The fourth-order valence-corrected chi connectivity index (χ4v) is 1.82. The lowest BCUT2D eigenvalue weighted by atomic mass is 10.1. The van der Waals surface area contributed by atoms with Crippen LogP contribution < -0.4 is 0 Å². The summed E-state index contributed by atoms with van der Waals surface area (Å²) in [6, 6.07) is 0. The predicted octanol–water partition coefficient (Wildman–Crippen LogP) is 3.21. The largest absolute Gasteiger partial charge is 0.276 e. The molecule has 1 aliphatic rings. The summed E-state index contributed by atoms with van der Waals surface area (Å²) < 4.78 is 0. The summed E-state index contributed by atoms with van der Waals surface area (Å²) in [6.07, 6.45) is 4.82. The minimum absolute atomic E-state index is 0.378. The molecule has 0 aromatic rings. The molecule has 0 radical (unpaired) electrons. The second-order valence-corrected chi connectivity index (χ2v) is 3.52. The van der Waals surface area contributed by atoms with Crippen molar-refractivity contribution in [3.05, 3.63) is 10.6 Å². The highest BCUT2D eigenvalue weighted by Crippen LogP contribution is 2.27. The van der Waals surface area contributed by atoms with Crippen LogP contribution in [0.15, 0.2) is 10.6 Å². The Labute approximate surface area is 76.4 Å². The fraction of sp³-hybridized carbons (Fsp3) is 0.625. The molecular formula is C8H10Cl2O. The standard InChI is InChI=1S/C8H10Cl2O/c9-7-5-3-1-2-4-6(7)8(10)11/h1-5H2. The van der Waals surface area contributed by atoms with Gasteiger partial charge < -0.3 is 0 Å². The van der Waals surface area contributed by atoms with Crippen LogP contribution in [0.1, 0.15) is 32.1 Å². The molecule has 1 rings (SSSR count). The molecule has 0 amide bonds. The van der Waals surface area contributed by atoms with Crippen molar-refractivity contribution in [2.45, 2.75) is 32.1 Å². The molecule has 0 aromatic carbocycles. The minimum Gasteiger partial charge on any atom is -0.276 e. The molecule has 0 unspecified atom stereocenters. The van der Waals surface area contributed by atoms with E-state index < -0.39 is 0 Å². The Kier molecular flexibility index (Phi) is 3.41. The zero-order valence-electron chi connectivity index (χ0n) is 6.20. The molecule has 0 atom stereocenters. The van der Waals surface area contributed by atoms with Crippen molar-refractivity contribution in [2.24, 2.45) is 0 Å². The van der Waals surface area contributed by atoms with E-state index in [0.29, 0.717) is 10.6 Å². The molecular weight excluding hydrogens is 183 g/mol. The number of allylic oxidation sites excluding steroid dienone is 2. The molecule has 0 spiro atoms. The van der Waals surface area contributed by atoms with Gasteiger partial charge in [-0.2, -0.15) is 0 Å². The van der Waals surface area contributed by atoms with Crippen molar-refractivity contribution in [2.75, 3.05) is 0 Å². The topological polar surface area (TPSA) is 17.1 Å². The monoisotopic (exact) mass is 192 g/mol. The van der Waals surface area contributed by atoms with Crippen molar-refractivity contribution in [3.8, 4) is 0 Å². The Balaban J connectivity index is 2.76. The molecule has 0 saturated heterocycles. The zero-order chi connectivity index (χ0) is 8.27. The molecule has 11 heavy (non-hydrogen) atoms. The van der Waals surface area contributed by atoms with Crippen LogP contribution in [0, 0.1) is 0 Å². The summed E-state index contributed by atoms with van der Waals surface area (Å²) in [6.45, 7) is 0. The molecule has 1 nitrogen and oxygen atoms in total. The molecule has 1 aliphatic carbocycles. The summed E-state index contributed by atoms with van der Waals surface area (Å²) in [5.41, 5.74) is 0.630. The second-order valence-electron chi connectivity index (χ2n) is 2.72. The van der Waals surface area contributed by atoms with Crippen LogP contribution >= 0.6 is 23.2 Å². The first-order valence-corrected chi connectivity index (χ1v) is 4.55. The third-order valence-electron chi connectivity index (χ3n) is 1.89. The molecule has 3 heteroatoms. The van der Waals surface area contributed by atoms with E-state index in [9.17, 15) is 4.79 Å². The first kappa shape index (κ1) is 9.08. The lowest BCUT2D eigenvalue weighted by Crippen LogP contribution is -1.94. The zero-order valence-corrected chi connectivity index (χ0v) is 7.71. The highest BCUT2D eigenvalue weighted by molar-refractivity contribution is 6.68. The quantitative estimate of drug-likeness (QED) is 0.584. The third kappa shape index (κ3) is 2.49. The van der Waals surface area contributed by atoms with Gasteiger partial charge in [0.05, 0.1) is 0 Å². The van der Waals surface area contributed by atoms with Crippen molar-refractivity contribution in [3.63, 3.8) is 0 Å². The Morgan fingerprint density at radius 1 is 1.18 bits per heavy atom. The van der Waals surface area contributed by atoms with E-state index in [2.05, 4.69) is 0 Å². The molecule has 62 valence electrons. The maximum absolute atomic E-state index is 10.8. The third-order valence-corrected chi connectivity index (χ3v) is 2.53. The number of hydrogen-bond donors (Lipinski definition) is 0. The summed E-state index contributed by atoms with van der Waals surface area (Å²) >= 11 is 11.2. The van der Waals surface area contributed by atoms with Gasteiger partial charge in [0.1, 0.15) is 0 Å². The minimum atomic E-state index is -0.378. The lowest BCUT2D eigenvalue weighted by Gasteiger charge is -1.99. The van der Waals surface area contributed by atoms with Crippen LogP contribution in [0.2, 0.25) is 0 Å². The average molecular weight is 193 g/mol. The van der Waals surface area contributed by atoms with E-state index in [-0.39, 0.29) is 5.24 Å². The number of carbonyl (C=O) groups excluding carboxylic acids is 1. The number of halogens is 2. The van der Waals surface area contributed by atoms with Gasteiger partial charge in [0.25, 0.3) is 0 Å². The molecule has 0 aliphatic heterocycles.